The molecule has 0 heterocycles. The summed E-state index contributed by atoms with van der Waals surface area (Å²) in [5.41, 5.74) is 5.82. The molecular weight excluding hydrogens is 192 g/mol. The number of rotatable bonds is 5. The molecule has 0 aromatic heterocycles. The maximum atomic E-state index is 11.2. The number of carbonyl (C=O) groups excluding carboxylic acids is 1. The number of amides is 1. The van der Waals surface area contributed by atoms with Crippen molar-refractivity contribution in [2.45, 2.75) is 37.8 Å². The third kappa shape index (κ3) is 4.95. The Bertz CT molecular complexity index is 219. The Morgan fingerprint density at radius 2 is 2.40 bits per heavy atom. The Balaban J connectivity index is 2.12. The molecule has 86 valence electrons. The van der Waals surface area contributed by atoms with E-state index in [1.54, 1.807) is 6.08 Å². The minimum atomic E-state index is -0.0888. The third-order valence-electron chi connectivity index (χ3n) is 2.56. The van der Waals surface area contributed by atoms with Crippen LogP contribution in [0.2, 0.25) is 0 Å². The van der Waals surface area contributed by atoms with Gasteiger partial charge in [0, 0.05) is 12.6 Å². The summed E-state index contributed by atoms with van der Waals surface area (Å²) in [7, 11) is 0. The van der Waals surface area contributed by atoms with Gasteiger partial charge in [-0.05, 0) is 25.7 Å². The summed E-state index contributed by atoms with van der Waals surface area (Å²) in [5, 5.41) is 2.67. The van der Waals surface area contributed by atoms with Crippen LogP contribution >= 0.6 is 0 Å². The number of ether oxygens (including phenoxy) is 1. The molecule has 0 radical (unpaired) electrons. The lowest BCUT2D eigenvalue weighted by Gasteiger charge is -2.26. The van der Waals surface area contributed by atoms with E-state index in [0.717, 1.165) is 25.7 Å². The second kappa shape index (κ2) is 6.58. The molecule has 0 bridgehead atoms. The summed E-state index contributed by atoms with van der Waals surface area (Å²) in [6.45, 7) is 4.14. The number of hydrogen-bond acceptors (Lipinski definition) is 3. The Morgan fingerprint density at radius 3 is 3.07 bits per heavy atom. The number of nitrogens with two attached hydrogens (primary N) is 1. The van der Waals surface area contributed by atoms with Gasteiger partial charge in [0.05, 0.1) is 6.10 Å². The van der Waals surface area contributed by atoms with Crippen LogP contribution in [-0.2, 0) is 9.53 Å². The Morgan fingerprint density at radius 1 is 1.60 bits per heavy atom. The average molecular weight is 212 g/mol. The quantitative estimate of drug-likeness (QED) is 0.655. The van der Waals surface area contributed by atoms with E-state index in [-0.39, 0.29) is 24.7 Å². The van der Waals surface area contributed by atoms with Crippen molar-refractivity contribution in [2.75, 3.05) is 13.2 Å². The smallest absolute Gasteiger partial charge is 0.246 e. The van der Waals surface area contributed by atoms with Gasteiger partial charge in [0.15, 0.2) is 0 Å². The van der Waals surface area contributed by atoms with Gasteiger partial charge >= 0.3 is 0 Å². The number of carbonyl (C=O) groups is 1. The first-order valence-electron chi connectivity index (χ1n) is 5.47. The summed E-state index contributed by atoms with van der Waals surface area (Å²) in [4.78, 5) is 11.2. The predicted octanol–water partition coefficient (Wildman–Crippen LogP) is 0.575. The molecule has 1 aliphatic rings. The van der Waals surface area contributed by atoms with E-state index in [4.69, 9.17) is 10.5 Å². The number of nitrogens with one attached hydrogen (secondary N) is 1. The standard InChI is InChI=1S/C11H20N2O2/c1-2-6-13-11(14)8-15-10-5-3-4-9(12)7-10/h2,9-10H,1,3-8,12H2,(H,13,14). The Hall–Kier alpha value is -0.870. The summed E-state index contributed by atoms with van der Waals surface area (Å²) in [5.74, 6) is -0.0888. The topological polar surface area (TPSA) is 64.3 Å². The first kappa shape index (κ1) is 12.2. The normalized spacial score (nSPS) is 25.9. The zero-order valence-corrected chi connectivity index (χ0v) is 9.08. The zero-order valence-electron chi connectivity index (χ0n) is 9.08. The van der Waals surface area contributed by atoms with Crippen molar-refractivity contribution in [1.29, 1.82) is 0 Å². The minimum Gasteiger partial charge on any atom is -0.368 e. The van der Waals surface area contributed by atoms with Crippen LogP contribution in [-0.4, -0.2) is 31.2 Å². The third-order valence-corrected chi connectivity index (χ3v) is 2.56. The highest BCUT2D eigenvalue weighted by atomic mass is 16.5. The van der Waals surface area contributed by atoms with Gasteiger partial charge < -0.3 is 15.8 Å². The molecule has 0 spiro atoms. The Labute approximate surface area is 90.9 Å². The van der Waals surface area contributed by atoms with Gasteiger partial charge in [-0.2, -0.15) is 0 Å². The van der Waals surface area contributed by atoms with Crippen LogP contribution < -0.4 is 11.1 Å². The van der Waals surface area contributed by atoms with Crippen LogP contribution in [0.4, 0.5) is 0 Å². The van der Waals surface area contributed by atoms with E-state index in [0.29, 0.717) is 6.54 Å². The second-order valence-corrected chi connectivity index (χ2v) is 3.95. The molecule has 1 saturated carbocycles. The lowest BCUT2D eigenvalue weighted by atomic mass is 9.94. The molecule has 1 amide bonds. The van der Waals surface area contributed by atoms with Gasteiger partial charge in [0.1, 0.15) is 6.61 Å². The fraction of sp³-hybridized carbons (Fsp3) is 0.727. The van der Waals surface area contributed by atoms with Crippen LogP contribution in [0.5, 0.6) is 0 Å². The van der Waals surface area contributed by atoms with Gasteiger partial charge in [-0.25, -0.2) is 0 Å². The fourth-order valence-corrected chi connectivity index (χ4v) is 1.76. The van der Waals surface area contributed by atoms with Crippen molar-refractivity contribution >= 4 is 5.91 Å². The molecule has 15 heavy (non-hydrogen) atoms. The molecule has 3 N–H and O–H groups in total. The highest BCUT2D eigenvalue weighted by Gasteiger charge is 2.20. The maximum Gasteiger partial charge on any atom is 0.246 e. The van der Waals surface area contributed by atoms with E-state index in [1.807, 2.05) is 0 Å². The highest BCUT2D eigenvalue weighted by molar-refractivity contribution is 5.77. The molecule has 4 nitrogen and oxygen atoms in total. The zero-order chi connectivity index (χ0) is 11.1. The Kier molecular flexibility index (Phi) is 5.36. The van der Waals surface area contributed by atoms with Crippen LogP contribution in [0.1, 0.15) is 25.7 Å². The minimum absolute atomic E-state index is 0.0888. The first-order chi connectivity index (χ1) is 7.22. The molecule has 0 aromatic carbocycles. The van der Waals surface area contributed by atoms with Gasteiger partial charge in [-0.15, -0.1) is 6.58 Å². The van der Waals surface area contributed by atoms with Crippen LogP contribution in [0.3, 0.4) is 0 Å². The van der Waals surface area contributed by atoms with E-state index < -0.39 is 0 Å². The summed E-state index contributed by atoms with van der Waals surface area (Å²) in [6, 6.07) is 0.236. The monoisotopic (exact) mass is 212 g/mol. The van der Waals surface area contributed by atoms with Crippen LogP contribution in [0.15, 0.2) is 12.7 Å². The predicted molar refractivity (Wildman–Crippen MR) is 59.4 cm³/mol. The van der Waals surface area contributed by atoms with E-state index in [2.05, 4.69) is 11.9 Å². The molecule has 4 heteroatoms. The van der Waals surface area contributed by atoms with Gasteiger partial charge in [0.25, 0.3) is 0 Å². The van der Waals surface area contributed by atoms with Crippen LogP contribution in [0, 0.1) is 0 Å². The van der Waals surface area contributed by atoms with Crippen molar-refractivity contribution in [3.05, 3.63) is 12.7 Å². The molecule has 2 unspecified atom stereocenters. The average Bonchev–Trinajstić information content (AvgIpc) is 2.23. The summed E-state index contributed by atoms with van der Waals surface area (Å²) >= 11 is 0. The van der Waals surface area contributed by atoms with E-state index in [1.165, 1.54) is 0 Å². The number of hydrogen-bond donors (Lipinski definition) is 2. The second-order valence-electron chi connectivity index (χ2n) is 3.95. The van der Waals surface area contributed by atoms with Crippen molar-refractivity contribution < 1.29 is 9.53 Å². The summed E-state index contributed by atoms with van der Waals surface area (Å²) < 4.78 is 5.49. The van der Waals surface area contributed by atoms with Crippen molar-refractivity contribution in [3.8, 4) is 0 Å². The van der Waals surface area contributed by atoms with Gasteiger partial charge in [-0.1, -0.05) is 6.08 Å². The first-order valence-corrected chi connectivity index (χ1v) is 5.47. The van der Waals surface area contributed by atoms with Crippen molar-refractivity contribution in [1.82, 2.24) is 5.32 Å². The molecule has 0 saturated heterocycles. The molecule has 0 aromatic rings. The molecule has 1 fully saturated rings. The fourth-order valence-electron chi connectivity index (χ4n) is 1.76. The molecule has 2 atom stereocenters. The van der Waals surface area contributed by atoms with E-state index >= 15 is 0 Å². The van der Waals surface area contributed by atoms with Gasteiger partial charge in [-0.3, -0.25) is 4.79 Å². The SMILES string of the molecule is C=CCNC(=O)COC1CCCC(N)C1. The van der Waals surface area contributed by atoms with Crippen molar-refractivity contribution in [3.63, 3.8) is 0 Å². The molecule has 1 aliphatic carbocycles. The maximum absolute atomic E-state index is 11.2. The lowest BCUT2D eigenvalue weighted by Crippen LogP contribution is -2.35. The molecule has 1 rings (SSSR count). The highest BCUT2D eigenvalue weighted by Crippen LogP contribution is 2.19. The lowest BCUT2D eigenvalue weighted by molar-refractivity contribution is -0.128. The largest absolute Gasteiger partial charge is 0.368 e. The van der Waals surface area contributed by atoms with E-state index in [9.17, 15) is 4.79 Å². The molecule has 0 aliphatic heterocycles. The molecular formula is C11H20N2O2. The van der Waals surface area contributed by atoms with Crippen LogP contribution in [0.25, 0.3) is 0 Å². The summed E-state index contributed by atoms with van der Waals surface area (Å²) in [6.07, 6.45) is 5.86. The van der Waals surface area contributed by atoms with Gasteiger partial charge in [0.2, 0.25) is 5.91 Å². The van der Waals surface area contributed by atoms with Crippen molar-refractivity contribution in [2.24, 2.45) is 5.73 Å².